The Labute approximate surface area is 154 Å². The second-order valence-corrected chi connectivity index (χ2v) is 5.89. The minimum absolute atomic E-state index is 0.112. The number of benzene rings is 1. The first kappa shape index (κ1) is 16.5. The summed E-state index contributed by atoms with van der Waals surface area (Å²) in [4.78, 5) is 21.2. The normalized spacial score (nSPS) is 12.1. The van der Waals surface area contributed by atoms with Crippen molar-refractivity contribution < 1.29 is 13.9 Å². The molecule has 2 aromatic heterocycles. The Morgan fingerprint density at radius 2 is 2.22 bits per heavy atom. The number of nitriles is 1. The number of aromatic nitrogens is 1. The van der Waals surface area contributed by atoms with Crippen LogP contribution in [0.1, 0.15) is 32.7 Å². The van der Waals surface area contributed by atoms with Gasteiger partial charge in [-0.1, -0.05) is 6.07 Å². The lowest BCUT2D eigenvalue weighted by atomic mass is 10.0. The van der Waals surface area contributed by atoms with Crippen LogP contribution in [0.2, 0.25) is 0 Å². The van der Waals surface area contributed by atoms with Crippen LogP contribution in [0, 0.1) is 11.3 Å². The van der Waals surface area contributed by atoms with Gasteiger partial charge >= 0.3 is 0 Å². The Hall–Kier alpha value is -3.92. The fraction of sp³-hybridized carbons (Fsp3) is 0.100. The average Bonchev–Trinajstić information content (AvgIpc) is 3.36. The molecule has 27 heavy (non-hydrogen) atoms. The van der Waals surface area contributed by atoms with Crippen molar-refractivity contribution in [1.29, 1.82) is 5.26 Å². The van der Waals surface area contributed by atoms with E-state index in [2.05, 4.69) is 15.3 Å². The molecule has 0 bridgehead atoms. The monoisotopic (exact) mass is 358 g/mol. The Balaban J connectivity index is 1.61. The van der Waals surface area contributed by atoms with E-state index >= 15 is 0 Å². The van der Waals surface area contributed by atoms with Gasteiger partial charge in [-0.25, -0.2) is 4.98 Å². The lowest BCUT2D eigenvalue weighted by molar-refractivity contribution is 0.101. The second kappa shape index (κ2) is 6.77. The largest absolute Gasteiger partial charge is 0.494 e. The van der Waals surface area contributed by atoms with Crippen molar-refractivity contribution in [3.63, 3.8) is 0 Å². The number of carbonyl (C=O) groups excluding carboxylic acids is 1. The van der Waals surface area contributed by atoms with Crippen LogP contribution in [0.4, 0.5) is 5.69 Å². The summed E-state index contributed by atoms with van der Waals surface area (Å²) < 4.78 is 10.3. The van der Waals surface area contributed by atoms with E-state index in [1.165, 1.54) is 19.4 Å². The first-order chi connectivity index (χ1) is 13.2. The minimum Gasteiger partial charge on any atom is -0.494 e. The molecule has 1 aromatic carbocycles. The molecule has 3 heterocycles. The number of amides is 1. The third-order valence-corrected chi connectivity index (χ3v) is 4.24. The molecule has 0 radical (unpaired) electrons. The maximum atomic E-state index is 12.6. The van der Waals surface area contributed by atoms with Crippen LogP contribution in [0.5, 0.6) is 5.75 Å². The molecule has 4 rings (SSSR count). The molecule has 1 N–H and O–H groups in total. The fourth-order valence-electron chi connectivity index (χ4n) is 2.93. The molecular weight excluding hydrogens is 344 g/mol. The van der Waals surface area contributed by atoms with Crippen LogP contribution in [0.3, 0.4) is 0 Å². The van der Waals surface area contributed by atoms with Gasteiger partial charge in [-0.05, 0) is 23.8 Å². The SMILES string of the molecule is COc1cc(C#N)cnc1C(=O)Nc1ccc2c(c1)C(c1ccoc1)=NC2. The van der Waals surface area contributed by atoms with Gasteiger partial charge in [0.25, 0.3) is 5.91 Å². The van der Waals surface area contributed by atoms with Crippen molar-refractivity contribution in [3.8, 4) is 11.8 Å². The highest BCUT2D eigenvalue weighted by Crippen LogP contribution is 2.27. The van der Waals surface area contributed by atoms with Crippen LogP contribution in [0.25, 0.3) is 0 Å². The summed E-state index contributed by atoms with van der Waals surface area (Å²) in [5.41, 5.74) is 4.82. The number of ether oxygens (including phenoxy) is 1. The van der Waals surface area contributed by atoms with Crippen molar-refractivity contribution >= 4 is 17.3 Å². The number of nitrogens with zero attached hydrogens (tertiary/aromatic N) is 3. The Kier molecular flexibility index (Phi) is 4.15. The first-order valence-corrected chi connectivity index (χ1v) is 8.15. The van der Waals surface area contributed by atoms with E-state index in [1.54, 1.807) is 12.5 Å². The molecule has 132 valence electrons. The number of hydrogen-bond acceptors (Lipinski definition) is 6. The zero-order valence-corrected chi connectivity index (χ0v) is 14.4. The van der Waals surface area contributed by atoms with Crippen molar-refractivity contribution in [1.82, 2.24) is 4.98 Å². The van der Waals surface area contributed by atoms with E-state index in [1.807, 2.05) is 30.3 Å². The van der Waals surface area contributed by atoms with E-state index in [0.717, 1.165) is 22.4 Å². The van der Waals surface area contributed by atoms with Crippen molar-refractivity contribution in [3.05, 3.63) is 77.0 Å². The molecule has 7 heteroatoms. The maximum absolute atomic E-state index is 12.6. The number of carbonyl (C=O) groups is 1. The van der Waals surface area contributed by atoms with Crippen LogP contribution >= 0.6 is 0 Å². The number of nitrogens with one attached hydrogen (secondary N) is 1. The van der Waals surface area contributed by atoms with Crippen molar-refractivity contribution in [2.24, 2.45) is 4.99 Å². The topological polar surface area (TPSA) is 101 Å². The third kappa shape index (κ3) is 3.04. The summed E-state index contributed by atoms with van der Waals surface area (Å²) >= 11 is 0. The van der Waals surface area contributed by atoms with Crippen molar-refractivity contribution in [2.75, 3.05) is 12.4 Å². The summed E-state index contributed by atoms with van der Waals surface area (Å²) in [5, 5.41) is 11.8. The van der Waals surface area contributed by atoms with Gasteiger partial charge in [-0.2, -0.15) is 5.26 Å². The van der Waals surface area contributed by atoms with Gasteiger partial charge in [-0.3, -0.25) is 9.79 Å². The number of pyridine rings is 1. The molecule has 0 fully saturated rings. The van der Waals surface area contributed by atoms with E-state index in [4.69, 9.17) is 14.4 Å². The molecule has 0 saturated carbocycles. The van der Waals surface area contributed by atoms with Gasteiger partial charge in [0.1, 0.15) is 6.07 Å². The molecule has 0 unspecified atom stereocenters. The van der Waals surface area contributed by atoms with E-state index in [0.29, 0.717) is 17.8 Å². The van der Waals surface area contributed by atoms with Crippen LogP contribution in [0.15, 0.2) is 58.5 Å². The fourth-order valence-corrected chi connectivity index (χ4v) is 2.93. The smallest absolute Gasteiger partial charge is 0.278 e. The molecule has 1 amide bonds. The number of methoxy groups -OCH3 is 1. The average molecular weight is 358 g/mol. The highest BCUT2D eigenvalue weighted by atomic mass is 16.5. The summed E-state index contributed by atoms with van der Waals surface area (Å²) in [7, 11) is 1.43. The number of aliphatic imine (C=N–C) groups is 1. The Bertz CT molecular complexity index is 1090. The Morgan fingerprint density at radius 1 is 1.33 bits per heavy atom. The molecule has 0 saturated heterocycles. The number of rotatable bonds is 4. The predicted molar refractivity (Wildman–Crippen MR) is 98.0 cm³/mol. The van der Waals surface area contributed by atoms with E-state index in [-0.39, 0.29) is 11.4 Å². The van der Waals surface area contributed by atoms with Crippen molar-refractivity contribution in [2.45, 2.75) is 6.54 Å². The minimum atomic E-state index is -0.420. The molecular formula is C20H14N4O3. The zero-order chi connectivity index (χ0) is 18.8. The predicted octanol–water partition coefficient (Wildman–Crippen LogP) is 3.16. The molecule has 0 spiro atoms. The van der Waals surface area contributed by atoms with Gasteiger partial charge in [0.2, 0.25) is 0 Å². The Morgan fingerprint density at radius 3 is 2.96 bits per heavy atom. The van der Waals surface area contributed by atoms with Crippen LogP contribution in [-0.2, 0) is 6.54 Å². The molecule has 0 atom stereocenters. The quantitative estimate of drug-likeness (QED) is 0.772. The number of hydrogen-bond donors (Lipinski definition) is 1. The molecule has 1 aliphatic rings. The summed E-state index contributed by atoms with van der Waals surface area (Å²) in [6.07, 6.45) is 4.58. The number of furan rings is 1. The maximum Gasteiger partial charge on any atom is 0.278 e. The highest BCUT2D eigenvalue weighted by Gasteiger charge is 2.20. The molecule has 3 aromatic rings. The highest BCUT2D eigenvalue weighted by molar-refractivity contribution is 6.15. The van der Waals surface area contributed by atoms with Crippen LogP contribution in [-0.4, -0.2) is 23.7 Å². The zero-order valence-electron chi connectivity index (χ0n) is 14.4. The molecule has 0 aliphatic carbocycles. The molecule has 7 nitrogen and oxygen atoms in total. The first-order valence-electron chi connectivity index (χ1n) is 8.15. The second-order valence-electron chi connectivity index (χ2n) is 5.89. The van der Waals surface area contributed by atoms with Gasteiger partial charge in [-0.15, -0.1) is 0 Å². The standard InChI is InChI=1S/C20H14N4O3/c1-26-17-6-12(8-21)9-22-19(17)20(25)24-15-3-2-13-10-23-18(16(13)7-15)14-4-5-27-11-14/h2-7,9,11H,10H2,1H3,(H,24,25). The van der Waals surface area contributed by atoms with Crippen LogP contribution < -0.4 is 10.1 Å². The van der Waals surface area contributed by atoms with E-state index in [9.17, 15) is 4.79 Å². The van der Waals surface area contributed by atoms with Gasteiger partial charge in [0.15, 0.2) is 11.4 Å². The summed E-state index contributed by atoms with van der Waals surface area (Å²) in [6.45, 7) is 0.592. The third-order valence-electron chi connectivity index (χ3n) is 4.24. The number of anilines is 1. The molecule has 1 aliphatic heterocycles. The van der Waals surface area contributed by atoms with E-state index < -0.39 is 5.91 Å². The van der Waals surface area contributed by atoms with Gasteiger partial charge in [0.05, 0.1) is 37.5 Å². The number of fused-ring (bicyclic) bond motifs is 1. The summed E-state index contributed by atoms with van der Waals surface area (Å²) in [6, 6.07) is 10.9. The summed E-state index contributed by atoms with van der Waals surface area (Å²) in [5.74, 6) is -0.176. The lowest BCUT2D eigenvalue weighted by Gasteiger charge is -2.10. The lowest BCUT2D eigenvalue weighted by Crippen LogP contribution is -2.15. The van der Waals surface area contributed by atoms with Gasteiger partial charge < -0.3 is 14.5 Å². The van der Waals surface area contributed by atoms with Gasteiger partial charge in [0, 0.05) is 29.1 Å².